The van der Waals surface area contributed by atoms with Crippen LogP contribution in [0.3, 0.4) is 0 Å². The molecule has 0 bridgehead atoms. The third kappa shape index (κ3) is 6.08. The van der Waals surface area contributed by atoms with E-state index in [0.717, 1.165) is 37.6 Å². The number of guanidine groups is 1. The zero-order valence-electron chi connectivity index (χ0n) is 17.1. The van der Waals surface area contributed by atoms with E-state index >= 15 is 0 Å². The minimum Gasteiger partial charge on any atom is -0.475 e. The van der Waals surface area contributed by atoms with Crippen LogP contribution in [0.4, 0.5) is 0 Å². The van der Waals surface area contributed by atoms with Gasteiger partial charge in [0.25, 0.3) is 0 Å². The van der Waals surface area contributed by atoms with Crippen LogP contribution in [0.1, 0.15) is 44.2 Å². The zero-order valence-corrected chi connectivity index (χ0v) is 19.5. The summed E-state index contributed by atoms with van der Waals surface area (Å²) in [7, 11) is 1.97. The van der Waals surface area contributed by atoms with E-state index in [0.29, 0.717) is 18.3 Å². The van der Waals surface area contributed by atoms with E-state index in [1.54, 1.807) is 0 Å². The maximum Gasteiger partial charge on any atom is 0.213 e. The van der Waals surface area contributed by atoms with E-state index in [4.69, 9.17) is 9.73 Å². The van der Waals surface area contributed by atoms with Crippen LogP contribution in [0.5, 0.6) is 5.88 Å². The molecule has 154 valence electrons. The van der Waals surface area contributed by atoms with Crippen LogP contribution in [0.2, 0.25) is 0 Å². The van der Waals surface area contributed by atoms with Crippen LogP contribution in [-0.4, -0.2) is 51.4 Å². The fourth-order valence-electron chi connectivity index (χ4n) is 3.28. The van der Waals surface area contributed by atoms with Gasteiger partial charge in [0.1, 0.15) is 0 Å². The quantitative estimate of drug-likeness (QED) is 0.377. The van der Waals surface area contributed by atoms with Crippen LogP contribution in [0, 0.1) is 0 Å². The van der Waals surface area contributed by atoms with Crippen LogP contribution in [0.25, 0.3) is 0 Å². The summed E-state index contributed by atoms with van der Waals surface area (Å²) in [5, 5.41) is 7.72. The summed E-state index contributed by atoms with van der Waals surface area (Å²) >= 11 is 0. The predicted molar refractivity (Wildman–Crippen MR) is 122 cm³/mol. The smallest absolute Gasteiger partial charge is 0.213 e. The fraction of sp³-hybridized carbons (Fsp3) is 0.550. The Balaban J connectivity index is 0.00000280. The number of aryl methyl sites for hydroxylation is 1. The van der Waals surface area contributed by atoms with Gasteiger partial charge >= 0.3 is 0 Å². The molecule has 1 unspecified atom stereocenters. The Labute approximate surface area is 184 Å². The van der Waals surface area contributed by atoms with Crippen molar-refractivity contribution < 1.29 is 4.74 Å². The lowest BCUT2D eigenvalue weighted by atomic mass is 10.0. The van der Waals surface area contributed by atoms with Crippen LogP contribution in [-0.2, 0) is 13.6 Å². The molecule has 0 spiro atoms. The molecule has 0 radical (unpaired) electrons. The van der Waals surface area contributed by atoms with Crippen molar-refractivity contribution in [3.8, 4) is 5.88 Å². The SMILES string of the molecule is CCNC(=NCc1ccc(OC(C)C)nc1)N1CCC(c2cnn(C)c2)C1.I. The van der Waals surface area contributed by atoms with Crippen molar-refractivity contribution in [2.75, 3.05) is 19.6 Å². The highest BCUT2D eigenvalue weighted by Crippen LogP contribution is 2.26. The summed E-state index contributed by atoms with van der Waals surface area (Å²) in [6.07, 6.45) is 7.19. The number of hydrogen-bond donors (Lipinski definition) is 1. The first-order valence-electron chi connectivity index (χ1n) is 9.68. The predicted octanol–water partition coefficient (Wildman–Crippen LogP) is 3.18. The summed E-state index contributed by atoms with van der Waals surface area (Å²) in [5.41, 5.74) is 2.38. The molecule has 1 N–H and O–H groups in total. The second-order valence-electron chi connectivity index (χ2n) is 7.22. The minimum absolute atomic E-state index is 0. The van der Waals surface area contributed by atoms with E-state index in [1.165, 1.54) is 5.56 Å². The van der Waals surface area contributed by atoms with Gasteiger partial charge in [0, 0.05) is 51.1 Å². The van der Waals surface area contributed by atoms with Gasteiger partial charge in [-0.3, -0.25) is 4.68 Å². The first-order valence-corrected chi connectivity index (χ1v) is 9.68. The Hall–Kier alpha value is -1.84. The molecule has 7 nitrogen and oxygen atoms in total. The van der Waals surface area contributed by atoms with Crippen molar-refractivity contribution in [2.24, 2.45) is 12.0 Å². The van der Waals surface area contributed by atoms with Gasteiger partial charge in [-0.1, -0.05) is 6.07 Å². The number of halogens is 1. The summed E-state index contributed by atoms with van der Waals surface area (Å²) in [6, 6.07) is 3.94. The molecule has 0 amide bonds. The van der Waals surface area contributed by atoms with Crippen molar-refractivity contribution in [2.45, 2.75) is 45.8 Å². The maximum absolute atomic E-state index is 5.60. The molecule has 28 heavy (non-hydrogen) atoms. The van der Waals surface area contributed by atoms with E-state index in [1.807, 2.05) is 50.1 Å². The standard InChI is InChI=1S/C20H30N6O.HI/c1-5-21-20(23-11-16-6-7-19(22-10-16)27-15(2)3)26-9-8-17(14-26)18-12-24-25(4)13-18;/h6-7,10,12-13,15,17H,5,8-9,11,14H2,1-4H3,(H,21,23);1H. The molecule has 0 aliphatic carbocycles. The van der Waals surface area contributed by atoms with E-state index < -0.39 is 0 Å². The van der Waals surface area contributed by atoms with Gasteiger partial charge in [-0.15, -0.1) is 24.0 Å². The molecule has 3 rings (SSSR count). The van der Waals surface area contributed by atoms with Gasteiger partial charge in [0.05, 0.1) is 18.8 Å². The van der Waals surface area contributed by atoms with Gasteiger partial charge in [0.2, 0.25) is 5.88 Å². The molecule has 8 heteroatoms. The highest BCUT2D eigenvalue weighted by Gasteiger charge is 2.26. The average molecular weight is 498 g/mol. The highest BCUT2D eigenvalue weighted by atomic mass is 127. The second kappa shape index (κ2) is 10.6. The third-order valence-electron chi connectivity index (χ3n) is 4.58. The Morgan fingerprint density at radius 2 is 2.18 bits per heavy atom. The number of pyridine rings is 1. The Bertz CT molecular complexity index is 758. The molecule has 2 aromatic rings. The lowest BCUT2D eigenvalue weighted by Gasteiger charge is -2.21. The van der Waals surface area contributed by atoms with Crippen LogP contribution >= 0.6 is 24.0 Å². The number of nitrogens with one attached hydrogen (secondary N) is 1. The molecule has 0 saturated carbocycles. The Kier molecular flexibility index (Phi) is 8.53. The molecule has 1 aliphatic rings. The fourth-order valence-corrected chi connectivity index (χ4v) is 3.28. The van der Waals surface area contributed by atoms with Crippen molar-refractivity contribution in [1.29, 1.82) is 0 Å². The summed E-state index contributed by atoms with van der Waals surface area (Å²) in [4.78, 5) is 11.5. The molecular weight excluding hydrogens is 467 g/mol. The number of ether oxygens (including phenoxy) is 1. The monoisotopic (exact) mass is 498 g/mol. The average Bonchev–Trinajstić information content (AvgIpc) is 3.28. The van der Waals surface area contributed by atoms with Crippen molar-refractivity contribution >= 4 is 29.9 Å². The van der Waals surface area contributed by atoms with Gasteiger partial charge in [-0.25, -0.2) is 9.98 Å². The molecule has 2 aromatic heterocycles. The molecule has 0 aromatic carbocycles. The number of aromatic nitrogens is 3. The largest absolute Gasteiger partial charge is 0.475 e. The number of likely N-dealkylation sites (tertiary alicyclic amines) is 1. The van der Waals surface area contributed by atoms with Crippen LogP contribution in [0.15, 0.2) is 35.7 Å². The molecule has 1 aliphatic heterocycles. The van der Waals surface area contributed by atoms with Crippen molar-refractivity contribution in [3.63, 3.8) is 0 Å². The van der Waals surface area contributed by atoms with E-state index in [9.17, 15) is 0 Å². The lowest BCUT2D eigenvalue weighted by molar-refractivity contribution is 0.232. The first kappa shape index (κ1) is 22.4. The molecule has 1 saturated heterocycles. The summed E-state index contributed by atoms with van der Waals surface area (Å²) < 4.78 is 7.47. The molecule has 1 fully saturated rings. The summed E-state index contributed by atoms with van der Waals surface area (Å²) in [5.74, 6) is 2.13. The van der Waals surface area contributed by atoms with Crippen LogP contribution < -0.4 is 10.1 Å². The number of aliphatic imine (C=N–C) groups is 1. The molecule has 1 atom stereocenters. The normalized spacial score (nSPS) is 17.0. The molecular formula is C20H31IN6O. The highest BCUT2D eigenvalue weighted by molar-refractivity contribution is 14.0. The zero-order chi connectivity index (χ0) is 19.2. The number of rotatable bonds is 6. The van der Waals surface area contributed by atoms with Crippen molar-refractivity contribution in [3.05, 3.63) is 41.9 Å². The molecule has 3 heterocycles. The lowest BCUT2D eigenvalue weighted by Crippen LogP contribution is -2.40. The number of hydrogen-bond acceptors (Lipinski definition) is 4. The second-order valence-corrected chi connectivity index (χ2v) is 7.22. The third-order valence-corrected chi connectivity index (χ3v) is 4.58. The van der Waals surface area contributed by atoms with Gasteiger partial charge in [0.15, 0.2) is 5.96 Å². The van der Waals surface area contributed by atoms with Gasteiger partial charge in [-0.05, 0) is 38.3 Å². The Morgan fingerprint density at radius 3 is 2.79 bits per heavy atom. The van der Waals surface area contributed by atoms with E-state index in [-0.39, 0.29) is 30.1 Å². The first-order chi connectivity index (χ1) is 13.0. The van der Waals surface area contributed by atoms with Crippen molar-refractivity contribution in [1.82, 2.24) is 25.0 Å². The van der Waals surface area contributed by atoms with Gasteiger partial charge < -0.3 is 15.0 Å². The van der Waals surface area contributed by atoms with E-state index in [2.05, 4.69) is 33.4 Å². The summed E-state index contributed by atoms with van der Waals surface area (Å²) in [6.45, 7) is 9.53. The topological polar surface area (TPSA) is 67.6 Å². The maximum atomic E-state index is 5.60. The Morgan fingerprint density at radius 1 is 1.36 bits per heavy atom. The number of nitrogens with zero attached hydrogens (tertiary/aromatic N) is 5. The minimum atomic E-state index is 0. The van der Waals surface area contributed by atoms with Gasteiger partial charge in [-0.2, -0.15) is 5.10 Å².